The summed E-state index contributed by atoms with van der Waals surface area (Å²) in [4.78, 5) is 14.4. The van der Waals surface area contributed by atoms with Crippen LogP contribution in [0.1, 0.15) is 48.6 Å². The molecule has 106 valence electrons. The first-order valence-corrected chi connectivity index (χ1v) is 7.09. The van der Waals surface area contributed by atoms with Crippen LogP contribution >= 0.6 is 0 Å². The lowest BCUT2D eigenvalue weighted by atomic mass is 9.91. The number of carbonyl (C=O) groups is 1. The lowest BCUT2D eigenvalue weighted by molar-refractivity contribution is 0.0329. The zero-order valence-corrected chi connectivity index (χ0v) is 12.0. The molecule has 1 aliphatic heterocycles. The summed E-state index contributed by atoms with van der Waals surface area (Å²) in [7, 11) is 0. The van der Waals surface area contributed by atoms with Gasteiger partial charge >= 0.3 is 0 Å². The molecule has 2 atom stereocenters. The van der Waals surface area contributed by atoms with E-state index < -0.39 is 0 Å². The van der Waals surface area contributed by atoms with Crippen LogP contribution in [0, 0.1) is 12.8 Å². The van der Waals surface area contributed by atoms with Crippen molar-refractivity contribution in [2.24, 2.45) is 5.92 Å². The lowest BCUT2D eigenvalue weighted by Gasteiger charge is -2.38. The Balaban J connectivity index is 2.24. The molecule has 0 aromatic carbocycles. The van der Waals surface area contributed by atoms with Crippen LogP contribution in [-0.2, 0) is 6.42 Å². The van der Waals surface area contributed by atoms with Crippen LogP contribution < -0.4 is 0 Å². The van der Waals surface area contributed by atoms with E-state index in [-0.39, 0.29) is 18.6 Å². The normalized spacial score (nSPS) is 23.7. The van der Waals surface area contributed by atoms with Crippen molar-refractivity contribution in [1.82, 2.24) is 4.90 Å². The Labute approximate surface area is 114 Å². The van der Waals surface area contributed by atoms with Crippen LogP contribution in [0.2, 0.25) is 0 Å². The van der Waals surface area contributed by atoms with Gasteiger partial charge in [-0.25, -0.2) is 0 Å². The molecule has 0 spiro atoms. The maximum absolute atomic E-state index is 12.6. The fraction of sp³-hybridized carbons (Fsp3) is 0.667. The molecule has 0 saturated carbocycles. The van der Waals surface area contributed by atoms with Gasteiger partial charge in [0.25, 0.3) is 5.91 Å². The summed E-state index contributed by atoms with van der Waals surface area (Å²) in [6, 6.07) is 1.84. The van der Waals surface area contributed by atoms with Crippen molar-refractivity contribution in [2.75, 3.05) is 13.2 Å². The van der Waals surface area contributed by atoms with Gasteiger partial charge in [0.15, 0.2) is 5.76 Å². The minimum atomic E-state index is -0.0872. The van der Waals surface area contributed by atoms with Crippen LogP contribution in [-0.4, -0.2) is 35.1 Å². The number of rotatable bonds is 3. The third-order valence-corrected chi connectivity index (χ3v) is 4.08. The van der Waals surface area contributed by atoms with Crippen molar-refractivity contribution in [3.63, 3.8) is 0 Å². The predicted octanol–water partition coefficient (Wildman–Crippen LogP) is 2.38. The lowest BCUT2D eigenvalue weighted by Crippen LogP contribution is -2.49. The summed E-state index contributed by atoms with van der Waals surface area (Å²) in [5.74, 6) is 1.53. The zero-order valence-electron chi connectivity index (χ0n) is 12.0. The maximum Gasteiger partial charge on any atom is 0.290 e. The molecular formula is C15H23NO3. The Hall–Kier alpha value is -1.29. The molecule has 1 aromatic rings. The van der Waals surface area contributed by atoms with Crippen LogP contribution in [0.3, 0.4) is 0 Å². The van der Waals surface area contributed by atoms with Gasteiger partial charge in [-0.15, -0.1) is 0 Å². The molecule has 19 heavy (non-hydrogen) atoms. The van der Waals surface area contributed by atoms with Gasteiger partial charge < -0.3 is 14.4 Å². The number of amides is 1. The molecule has 4 nitrogen and oxygen atoms in total. The van der Waals surface area contributed by atoms with E-state index in [0.717, 1.165) is 30.6 Å². The summed E-state index contributed by atoms with van der Waals surface area (Å²) in [5.41, 5.74) is 0.886. The van der Waals surface area contributed by atoms with Gasteiger partial charge in [-0.05, 0) is 31.7 Å². The van der Waals surface area contributed by atoms with Gasteiger partial charge in [0.05, 0.1) is 12.6 Å². The summed E-state index contributed by atoms with van der Waals surface area (Å²) in [5, 5.41) is 9.52. The van der Waals surface area contributed by atoms with Crippen molar-refractivity contribution < 1.29 is 14.3 Å². The van der Waals surface area contributed by atoms with Crippen molar-refractivity contribution in [1.29, 1.82) is 0 Å². The highest BCUT2D eigenvalue weighted by Crippen LogP contribution is 2.26. The van der Waals surface area contributed by atoms with Crippen LogP contribution in [0.15, 0.2) is 10.5 Å². The number of aliphatic hydroxyl groups excluding tert-OH is 1. The monoisotopic (exact) mass is 265 g/mol. The second kappa shape index (κ2) is 5.78. The highest BCUT2D eigenvalue weighted by Gasteiger charge is 2.33. The average Bonchev–Trinajstić information content (AvgIpc) is 2.79. The van der Waals surface area contributed by atoms with Crippen molar-refractivity contribution >= 4 is 5.91 Å². The first-order valence-electron chi connectivity index (χ1n) is 7.09. The molecule has 2 unspecified atom stereocenters. The summed E-state index contributed by atoms with van der Waals surface area (Å²) in [6.07, 6.45) is 2.84. The Morgan fingerprint density at radius 2 is 2.32 bits per heavy atom. The topological polar surface area (TPSA) is 53.7 Å². The summed E-state index contributed by atoms with van der Waals surface area (Å²) >= 11 is 0. The van der Waals surface area contributed by atoms with Crippen molar-refractivity contribution in [3.8, 4) is 0 Å². The Bertz CT molecular complexity index is 452. The average molecular weight is 265 g/mol. The Kier molecular flexibility index (Phi) is 4.30. The number of hydrogen-bond donors (Lipinski definition) is 1. The largest absolute Gasteiger partial charge is 0.456 e. The Morgan fingerprint density at radius 1 is 1.58 bits per heavy atom. The maximum atomic E-state index is 12.6. The van der Waals surface area contributed by atoms with Gasteiger partial charge in [-0.2, -0.15) is 0 Å². The van der Waals surface area contributed by atoms with Gasteiger partial charge in [0, 0.05) is 18.5 Å². The second-order valence-electron chi connectivity index (χ2n) is 5.45. The summed E-state index contributed by atoms with van der Waals surface area (Å²) < 4.78 is 5.63. The highest BCUT2D eigenvalue weighted by molar-refractivity contribution is 5.93. The molecule has 1 fully saturated rings. The van der Waals surface area contributed by atoms with Crippen LogP contribution in [0.25, 0.3) is 0 Å². The number of nitrogens with zero attached hydrogens (tertiary/aromatic N) is 1. The standard InChI is InChI=1S/C15H23NO3/c1-4-12-8-11(3)14(19-12)15(18)16-7-5-6-10(2)13(16)9-17/h8,10,13,17H,4-7,9H2,1-3H3. The third kappa shape index (κ3) is 2.68. The number of furan rings is 1. The van der Waals surface area contributed by atoms with E-state index in [9.17, 15) is 9.90 Å². The molecule has 1 N–H and O–H groups in total. The minimum absolute atomic E-state index is 0.0211. The fourth-order valence-electron chi connectivity index (χ4n) is 2.84. The first-order chi connectivity index (χ1) is 9.08. The number of likely N-dealkylation sites (tertiary alicyclic amines) is 1. The SMILES string of the molecule is CCc1cc(C)c(C(=O)N2CCCC(C)C2CO)o1. The molecular weight excluding hydrogens is 242 g/mol. The van der Waals surface area contributed by atoms with E-state index >= 15 is 0 Å². The molecule has 1 aromatic heterocycles. The van der Waals surface area contributed by atoms with E-state index in [1.165, 1.54) is 0 Å². The van der Waals surface area contributed by atoms with Gasteiger partial charge in [0.1, 0.15) is 5.76 Å². The van der Waals surface area contributed by atoms with Gasteiger partial charge in [-0.1, -0.05) is 13.8 Å². The van der Waals surface area contributed by atoms with Gasteiger partial charge in [0.2, 0.25) is 0 Å². The highest BCUT2D eigenvalue weighted by atomic mass is 16.4. The predicted molar refractivity (Wildman–Crippen MR) is 73.1 cm³/mol. The number of piperidine rings is 1. The smallest absolute Gasteiger partial charge is 0.290 e. The molecule has 4 heteroatoms. The number of hydrogen-bond acceptors (Lipinski definition) is 3. The molecule has 0 radical (unpaired) electrons. The minimum Gasteiger partial charge on any atom is -0.456 e. The first kappa shape index (κ1) is 14.1. The van der Waals surface area contributed by atoms with Crippen molar-refractivity contribution in [3.05, 3.63) is 23.2 Å². The molecule has 0 aliphatic carbocycles. The molecule has 0 bridgehead atoms. The molecule has 2 rings (SSSR count). The molecule has 1 aliphatic rings. The summed E-state index contributed by atoms with van der Waals surface area (Å²) in [6.45, 7) is 6.72. The van der Waals surface area contributed by atoms with E-state index in [4.69, 9.17) is 4.42 Å². The second-order valence-corrected chi connectivity index (χ2v) is 5.45. The third-order valence-electron chi connectivity index (χ3n) is 4.08. The van der Waals surface area contributed by atoms with Crippen LogP contribution in [0.4, 0.5) is 0 Å². The molecule has 2 heterocycles. The van der Waals surface area contributed by atoms with E-state index in [0.29, 0.717) is 18.2 Å². The van der Waals surface area contributed by atoms with Crippen LogP contribution in [0.5, 0.6) is 0 Å². The van der Waals surface area contributed by atoms with E-state index in [1.54, 1.807) is 4.90 Å². The van der Waals surface area contributed by atoms with Gasteiger partial charge in [-0.3, -0.25) is 4.79 Å². The quantitative estimate of drug-likeness (QED) is 0.913. The fourth-order valence-corrected chi connectivity index (χ4v) is 2.84. The molecule has 1 amide bonds. The number of carbonyl (C=O) groups excluding carboxylic acids is 1. The Morgan fingerprint density at radius 3 is 2.89 bits per heavy atom. The van der Waals surface area contributed by atoms with Crippen molar-refractivity contribution in [2.45, 2.75) is 46.1 Å². The van der Waals surface area contributed by atoms with E-state index in [1.807, 2.05) is 19.9 Å². The zero-order chi connectivity index (χ0) is 14.0. The molecule has 1 saturated heterocycles. The number of aliphatic hydroxyl groups is 1. The number of aryl methyl sites for hydroxylation is 2. The van der Waals surface area contributed by atoms with E-state index in [2.05, 4.69) is 6.92 Å².